The highest BCUT2D eigenvalue weighted by Gasteiger charge is 2.53. The Morgan fingerprint density at radius 1 is 0.541 bits per heavy atom. The molecule has 11 nitrogen and oxygen atoms in total. The third-order valence-corrected chi connectivity index (χ3v) is 7.08. The second kappa shape index (κ2) is 10.6. The Balaban J connectivity index is 1.09. The second-order valence-corrected chi connectivity index (χ2v) is 9.54. The van der Waals surface area contributed by atoms with Crippen molar-refractivity contribution in [1.29, 1.82) is 0 Å². The minimum absolute atomic E-state index is 0.0812. The smallest absolute Gasteiger partial charge is 0.189 e. The summed E-state index contributed by atoms with van der Waals surface area (Å²) in [6, 6.07) is 18.5. The normalized spacial score (nSPS) is 44.0. The van der Waals surface area contributed by atoms with Crippen molar-refractivity contribution >= 4 is 0 Å². The third kappa shape index (κ3) is 4.93. The molecule has 0 bridgehead atoms. The Hall–Kier alpha value is -2.00. The molecular formula is C26H30O11. The van der Waals surface area contributed by atoms with Gasteiger partial charge in [0, 0.05) is 11.1 Å². The quantitative estimate of drug-likeness (QED) is 0.438. The molecular weight excluding hydrogens is 488 g/mol. The summed E-state index contributed by atoms with van der Waals surface area (Å²) in [5.41, 5.74) is 1.55. The lowest BCUT2D eigenvalue weighted by Crippen LogP contribution is -2.66. The Morgan fingerprint density at radius 2 is 0.946 bits per heavy atom. The number of hydrogen-bond acceptors (Lipinski definition) is 11. The molecule has 12 atom stereocenters. The van der Waals surface area contributed by atoms with E-state index in [0.29, 0.717) is 0 Å². The summed E-state index contributed by atoms with van der Waals surface area (Å²) < 4.78 is 40.7. The first-order valence-electron chi connectivity index (χ1n) is 12.3. The van der Waals surface area contributed by atoms with E-state index >= 15 is 0 Å². The molecule has 4 N–H and O–H groups in total. The van der Waals surface area contributed by atoms with Gasteiger partial charge < -0.3 is 53.6 Å². The lowest BCUT2D eigenvalue weighted by molar-refractivity contribution is -0.412. The zero-order valence-electron chi connectivity index (χ0n) is 19.8. The summed E-state index contributed by atoms with van der Waals surface area (Å²) in [4.78, 5) is 0. The molecule has 6 rings (SSSR count). The van der Waals surface area contributed by atoms with Crippen molar-refractivity contribution < 1.29 is 53.6 Å². The van der Waals surface area contributed by atoms with Gasteiger partial charge in [0.05, 0.1) is 13.2 Å². The summed E-state index contributed by atoms with van der Waals surface area (Å²) in [6.45, 7) is 0.162. The van der Waals surface area contributed by atoms with Crippen LogP contribution in [0.25, 0.3) is 0 Å². The van der Waals surface area contributed by atoms with Gasteiger partial charge in [-0.15, -0.1) is 0 Å². The monoisotopic (exact) mass is 518 g/mol. The summed E-state index contributed by atoms with van der Waals surface area (Å²) in [5, 5.41) is 43.1. The first-order valence-corrected chi connectivity index (χ1v) is 12.3. The van der Waals surface area contributed by atoms with Gasteiger partial charge in [-0.25, -0.2) is 0 Å². The molecule has 8 unspecified atom stereocenters. The van der Waals surface area contributed by atoms with Crippen LogP contribution in [-0.4, -0.2) is 95.1 Å². The van der Waals surface area contributed by atoms with Crippen molar-refractivity contribution in [3.8, 4) is 0 Å². The fourth-order valence-electron chi connectivity index (χ4n) is 5.07. The SMILES string of the molecule is OC1C(O)[C@@H]2OC(c3ccccc3)OCC2O[C@@H]1O[C@H]1OC2COC(c3ccccc3)O[C@H]2C(O)C1O. The molecule has 4 saturated heterocycles. The minimum atomic E-state index is -1.51. The van der Waals surface area contributed by atoms with Crippen LogP contribution in [0.3, 0.4) is 0 Å². The van der Waals surface area contributed by atoms with E-state index in [0.717, 1.165) is 11.1 Å². The molecule has 0 amide bonds. The predicted molar refractivity (Wildman–Crippen MR) is 122 cm³/mol. The van der Waals surface area contributed by atoms with E-state index in [4.69, 9.17) is 33.2 Å². The van der Waals surface area contributed by atoms with Crippen LogP contribution >= 0.6 is 0 Å². The van der Waals surface area contributed by atoms with Crippen LogP contribution in [0.1, 0.15) is 23.7 Å². The third-order valence-electron chi connectivity index (χ3n) is 7.08. The molecule has 4 fully saturated rings. The maximum Gasteiger partial charge on any atom is 0.189 e. The molecule has 0 aliphatic carbocycles. The number of aliphatic hydroxyl groups excluding tert-OH is 4. The van der Waals surface area contributed by atoms with Crippen LogP contribution in [0.5, 0.6) is 0 Å². The van der Waals surface area contributed by atoms with Crippen molar-refractivity contribution in [2.75, 3.05) is 13.2 Å². The van der Waals surface area contributed by atoms with Crippen molar-refractivity contribution in [2.24, 2.45) is 0 Å². The van der Waals surface area contributed by atoms with E-state index in [1.165, 1.54) is 0 Å². The molecule has 11 heteroatoms. The molecule has 0 spiro atoms. The average Bonchev–Trinajstić information content (AvgIpc) is 2.95. The van der Waals surface area contributed by atoms with Gasteiger partial charge >= 0.3 is 0 Å². The van der Waals surface area contributed by atoms with Gasteiger partial charge in [-0.05, 0) is 0 Å². The molecule has 2 aromatic carbocycles. The van der Waals surface area contributed by atoms with Gasteiger partial charge in [0.2, 0.25) is 0 Å². The molecule has 0 aromatic heterocycles. The van der Waals surface area contributed by atoms with Crippen LogP contribution in [0.15, 0.2) is 60.7 Å². The molecule has 4 aliphatic rings. The minimum Gasteiger partial charge on any atom is -0.387 e. The number of aliphatic hydroxyl groups is 4. The highest BCUT2D eigenvalue weighted by molar-refractivity contribution is 5.17. The maximum absolute atomic E-state index is 10.8. The molecule has 0 saturated carbocycles. The van der Waals surface area contributed by atoms with E-state index in [9.17, 15) is 20.4 Å². The van der Waals surface area contributed by atoms with E-state index in [-0.39, 0.29) is 13.2 Å². The largest absolute Gasteiger partial charge is 0.387 e. The highest BCUT2D eigenvalue weighted by Crippen LogP contribution is 2.37. The Morgan fingerprint density at radius 3 is 1.35 bits per heavy atom. The van der Waals surface area contributed by atoms with Gasteiger partial charge in [0.25, 0.3) is 0 Å². The Labute approximate surface area is 213 Å². The number of fused-ring (bicyclic) bond motifs is 2. The van der Waals surface area contributed by atoms with E-state index in [2.05, 4.69) is 0 Å². The molecule has 37 heavy (non-hydrogen) atoms. The van der Waals surface area contributed by atoms with Gasteiger partial charge in [0.15, 0.2) is 25.2 Å². The van der Waals surface area contributed by atoms with Crippen LogP contribution in [0.2, 0.25) is 0 Å². The zero-order valence-corrected chi connectivity index (χ0v) is 19.8. The van der Waals surface area contributed by atoms with Gasteiger partial charge in [-0.1, -0.05) is 60.7 Å². The topological polar surface area (TPSA) is 146 Å². The lowest BCUT2D eigenvalue weighted by Gasteiger charge is -2.49. The van der Waals surface area contributed by atoms with Crippen molar-refractivity contribution in [3.05, 3.63) is 71.8 Å². The highest BCUT2D eigenvalue weighted by atomic mass is 16.8. The van der Waals surface area contributed by atoms with Gasteiger partial charge in [-0.2, -0.15) is 0 Å². The molecule has 200 valence electrons. The number of hydrogen-bond donors (Lipinski definition) is 4. The standard InChI is InChI=1S/C26H30O11/c27-17-19(29)25(33-15-11-31-23(35-21(15)17)13-7-3-1-4-8-13)37-26-20(30)18(28)22-16(34-26)12-32-24(36-22)14-9-5-2-6-10-14/h1-10,15-30H,11-12H2/t15?,16?,17?,18?,19?,20?,21-,22-,23?,24?,25-,26-/m1/s1. The molecule has 0 radical (unpaired) electrons. The first kappa shape index (κ1) is 25.3. The van der Waals surface area contributed by atoms with Crippen LogP contribution in [0.4, 0.5) is 0 Å². The van der Waals surface area contributed by atoms with Crippen molar-refractivity contribution in [1.82, 2.24) is 0 Å². The average molecular weight is 519 g/mol. The maximum atomic E-state index is 10.8. The summed E-state index contributed by atoms with van der Waals surface area (Å²) in [5.74, 6) is 0. The lowest BCUT2D eigenvalue weighted by atomic mass is 9.96. The van der Waals surface area contributed by atoms with E-state index in [1.807, 2.05) is 60.7 Å². The fourth-order valence-corrected chi connectivity index (χ4v) is 5.07. The summed E-state index contributed by atoms with van der Waals surface area (Å²) in [7, 11) is 0. The van der Waals surface area contributed by atoms with Crippen LogP contribution < -0.4 is 0 Å². The summed E-state index contributed by atoms with van der Waals surface area (Å²) >= 11 is 0. The number of ether oxygens (including phenoxy) is 7. The second-order valence-electron chi connectivity index (χ2n) is 9.54. The van der Waals surface area contributed by atoms with Gasteiger partial charge in [0.1, 0.15) is 48.8 Å². The Bertz CT molecular complexity index is 940. The van der Waals surface area contributed by atoms with Crippen LogP contribution in [0, 0.1) is 0 Å². The van der Waals surface area contributed by atoms with E-state index < -0.39 is 74.0 Å². The summed E-state index contributed by atoms with van der Waals surface area (Å²) in [6.07, 6.45) is -13.1. The Kier molecular flexibility index (Phi) is 7.27. The number of rotatable bonds is 4. The molecule has 2 aromatic rings. The number of benzene rings is 2. The zero-order chi connectivity index (χ0) is 25.5. The predicted octanol–water partition coefficient (Wildman–Crippen LogP) is 0.125. The molecule has 4 heterocycles. The molecule has 4 aliphatic heterocycles. The fraction of sp³-hybridized carbons (Fsp3) is 0.538. The van der Waals surface area contributed by atoms with Gasteiger partial charge in [-0.3, -0.25) is 0 Å². The van der Waals surface area contributed by atoms with E-state index in [1.54, 1.807) is 0 Å². The van der Waals surface area contributed by atoms with Crippen LogP contribution in [-0.2, 0) is 33.2 Å². The van der Waals surface area contributed by atoms with Crippen molar-refractivity contribution in [2.45, 2.75) is 74.0 Å². The first-order chi connectivity index (χ1) is 18.0. The van der Waals surface area contributed by atoms with Crippen molar-refractivity contribution in [3.63, 3.8) is 0 Å².